The highest BCUT2D eigenvalue weighted by atomic mass is 35.5. The van der Waals surface area contributed by atoms with Gasteiger partial charge in [0.15, 0.2) is 11.5 Å². The Balaban J connectivity index is 1.51. The molecule has 39 heavy (non-hydrogen) atoms. The topological polar surface area (TPSA) is 42.0 Å². The first-order valence-corrected chi connectivity index (χ1v) is 14.5. The number of hydrogen-bond acceptors (Lipinski definition) is 4. The molecule has 1 unspecified atom stereocenters. The predicted molar refractivity (Wildman–Crippen MR) is 160 cm³/mol. The highest BCUT2D eigenvalue weighted by Gasteiger charge is 2.36. The van der Waals surface area contributed by atoms with Gasteiger partial charge >= 0.3 is 0 Å². The molecular weight excluding hydrogens is 508 g/mol. The summed E-state index contributed by atoms with van der Waals surface area (Å²) < 4.78 is 11.8. The minimum Gasteiger partial charge on any atom is -0.493 e. The van der Waals surface area contributed by atoms with Crippen LogP contribution in [-0.2, 0) is 11.2 Å². The quantitative estimate of drug-likeness (QED) is 0.289. The van der Waals surface area contributed by atoms with Gasteiger partial charge in [0.05, 0.1) is 25.7 Å². The van der Waals surface area contributed by atoms with Crippen LogP contribution in [0.4, 0.5) is 11.4 Å². The van der Waals surface area contributed by atoms with Crippen LogP contribution in [0.5, 0.6) is 11.5 Å². The highest BCUT2D eigenvalue weighted by molar-refractivity contribution is 6.30. The molecule has 6 heteroatoms. The maximum Gasteiger partial charge on any atom is 0.232 e. The minimum absolute atomic E-state index is 0.00889. The van der Waals surface area contributed by atoms with Crippen molar-refractivity contribution in [2.75, 3.05) is 30.5 Å². The van der Waals surface area contributed by atoms with E-state index in [0.29, 0.717) is 22.9 Å². The van der Waals surface area contributed by atoms with E-state index in [9.17, 15) is 4.79 Å². The summed E-state index contributed by atoms with van der Waals surface area (Å²) in [5, 5.41) is 0.663. The molecule has 3 aromatic rings. The van der Waals surface area contributed by atoms with E-state index in [1.807, 2.05) is 55.1 Å². The molecule has 3 aromatic carbocycles. The molecule has 2 aliphatic rings. The summed E-state index contributed by atoms with van der Waals surface area (Å²) in [6.07, 6.45) is 6.98. The van der Waals surface area contributed by atoms with Crippen LogP contribution in [0.25, 0.3) is 0 Å². The summed E-state index contributed by atoms with van der Waals surface area (Å²) in [7, 11) is 3.81. The van der Waals surface area contributed by atoms with Gasteiger partial charge < -0.3 is 19.3 Å². The lowest BCUT2D eigenvalue weighted by Gasteiger charge is -2.38. The van der Waals surface area contributed by atoms with Gasteiger partial charge in [-0.2, -0.15) is 0 Å². The molecular formula is C33H39ClN2O3. The third kappa shape index (κ3) is 6.04. The van der Waals surface area contributed by atoms with Gasteiger partial charge in [0.25, 0.3) is 0 Å². The first-order valence-electron chi connectivity index (χ1n) is 14.1. The molecule has 5 nitrogen and oxygen atoms in total. The van der Waals surface area contributed by atoms with Crippen molar-refractivity contribution in [3.8, 4) is 11.5 Å². The molecule has 1 atom stereocenters. The summed E-state index contributed by atoms with van der Waals surface area (Å²) in [5.74, 6) is 2.13. The maximum atomic E-state index is 13.8. The molecule has 1 aliphatic carbocycles. The third-order valence-corrected chi connectivity index (χ3v) is 8.21. The molecule has 0 spiro atoms. The fourth-order valence-corrected chi connectivity index (χ4v) is 6.19. The first kappa shape index (κ1) is 27.4. The molecule has 0 N–H and O–H groups in total. The van der Waals surface area contributed by atoms with Crippen LogP contribution >= 0.6 is 11.6 Å². The van der Waals surface area contributed by atoms with Gasteiger partial charge in [-0.15, -0.1) is 0 Å². The summed E-state index contributed by atoms with van der Waals surface area (Å²) >= 11 is 6.25. The van der Waals surface area contributed by atoms with Crippen LogP contribution in [0.15, 0.2) is 60.7 Å². The van der Waals surface area contributed by atoms with Gasteiger partial charge in [-0.1, -0.05) is 43.0 Å². The number of hydrogen-bond donors (Lipinski definition) is 0. The number of anilines is 2. The number of nitrogens with zero attached hydrogens (tertiary/aromatic N) is 2. The summed E-state index contributed by atoms with van der Waals surface area (Å²) in [6.45, 7) is 5.07. The van der Waals surface area contributed by atoms with E-state index in [-0.39, 0.29) is 18.1 Å². The number of carbonyl (C=O) groups excluding carboxylic acids is 1. The molecule has 206 valence electrons. The van der Waals surface area contributed by atoms with Gasteiger partial charge in [-0.05, 0) is 97.8 Å². The van der Waals surface area contributed by atoms with E-state index >= 15 is 0 Å². The second-order valence-electron chi connectivity index (χ2n) is 11.2. The molecule has 0 aromatic heterocycles. The van der Waals surface area contributed by atoms with Crippen LogP contribution in [0, 0.1) is 5.92 Å². The average molecular weight is 547 g/mol. The molecule has 0 bridgehead atoms. The molecule has 0 saturated heterocycles. The van der Waals surface area contributed by atoms with E-state index in [1.165, 1.54) is 37.8 Å². The van der Waals surface area contributed by atoms with Crippen molar-refractivity contribution in [1.29, 1.82) is 0 Å². The van der Waals surface area contributed by atoms with Crippen LogP contribution < -0.4 is 19.3 Å². The molecule has 1 aliphatic heterocycles. The summed E-state index contributed by atoms with van der Waals surface area (Å²) in [5.41, 5.74) is 5.03. The number of rotatable bonds is 8. The van der Waals surface area contributed by atoms with E-state index < -0.39 is 0 Å². The number of fused-ring (bicyclic) bond motifs is 1. The Hall–Kier alpha value is -3.18. The minimum atomic E-state index is -0.315. The van der Waals surface area contributed by atoms with Gasteiger partial charge in [-0.3, -0.25) is 4.79 Å². The summed E-state index contributed by atoms with van der Waals surface area (Å²) in [4.78, 5) is 18.0. The second kappa shape index (κ2) is 11.9. The van der Waals surface area contributed by atoms with Gasteiger partial charge in [-0.25, -0.2) is 0 Å². The normalized spacial score (nSPS) is 17.7. The van der Waals surface area contributed by atoms with Gasteiger partial charge in [0.2, 0.25) is 5.91 Å². The van der Waals surface area contributed by atoms with Crippen molar-refractivity contribution >= 4 is 28.9 Å². The third-order valence-electron chi connectivity index (χ3n) is 7.96. The van der Waals surface area contributed by atoms with Crippen molar-refractivity contribution in [2.24, 2.45) is 5.92 Å². The largest absolute Gasteiger partial charge is 0.493 e. The Morgan fingerprint density at radius 1 is 0.974 bits per heavy atom. The molecule has 1 heterocycles. The van der Waals surface area contributed by atoms with Crippen LogP contribution in [-0.4, -0.2) is 32.7 Å². The smallest absolute Gasteiger partial charge is 0.232 e. The van der Waals surface area contributed by atoms with E-state index in [0.717, 1.165) is 34.8 Å². The Kier molecular flexibility index (Phi) is 8.37. The highest BCUT2D eigenvalue weighted by Crippen LogP contribution is 2.44. The number of benzene rings is 3. The molecule has 1 amide bonds. The van der Waals surface area contributed by atoms with Crippen LogP contribution in [0.1, 0.15) is 68.7 Å². The zero-order valence-corrected chi connectivity index (χ0v) is 24.2. The maximum absolute atomic E-state index is 13.8. The Morgan fingerprint density at radius 2 is 1.67 bits per heavy atom. The fraction of sp³-hybridized carbons (Fsp3) is 0.424. The van der Waals surface area contributed by atoms with Gasteiger partial charge in [0, 0.05) is 30.0 Å². The van der Waals surface area contributed by atoms with Crippen LogP contribution in [0.2, 0.25) is 5.02 Å². The zero-order chi connectivity index (χ0) is 27.5. The Bertz CT molecular complexity index is 1280. The monoisotopic (exact) mass is 546 g/mol. The number of methoxy groups -OCH3 is 1. The number of carbonyl (C=O) groups is 1. The SMILES string of the molecule is COc1cc2c(cc1OC(C)C)C(c1ccc(Cl)cc1)N(c1ccc(N(C)CC3CCCCC3)cc1)C(=O)C2. The fourth-order valence-electron chi connectivity index (χ4n) is 6.06. The zero-order valence-electron chi connectivity index (χ0n) is 23.5. The Morgan fingerprint density at radius 3 is 2.31 bits per heavy atom. The van der Waals surface area contributed by atoms with Crippen molar-refractivity contribution in [1.82, 2.24) is 0 Å². The van der Waals surface area contributed by atoms with Crippen molar-refractivity contribution in [2.45, 2.75) is 64.5 Å². The van der Waals surface area contributed by atoms with Crippen molar-refractivity contribution in [3.63, 3.8) is 0 Å². The molecule has 5 rings (SSSR count). The Labute approximate surface area is 237 Å². The molecule has 0 radical (unpaired) electrons. The number of amides is 1. The lowest BCUT2D eigenvalue weighted by Crippen LogP contribution is -2.41. The number of halogens is 1. The molecule has 1 saturated carbocycles. The van der Waals surface area contributed by atoms with Crippen molar-refractivity contribution in [3.05, 3.63) is 82.4 Å². The van der Waals surface area contributed by atoms with E-state index in [1.54, 1.807) is 7.11 Å². The van der Waals surface area contributed by atoms with Crippen LogP contribution in [0.3, 0.4) is 0 Å². The predicted octanol–water partition coefficient (Wildman–Crippen LogP) is 7.83. The second-order valence-corrected chi connectivity index (χ2v) is 11.6. The summed E-state index contributed by atoms with van der Waals surface area (Å²) in [6, 6.07) is 19.9. The van der Waals surface area contributed by atoms with E-state index in [2.05, 4.69) is 36.2 Å². The standard InChI is InChI=1S/C33H39ClN2O3/c1-22(2)39-31-20-29-25(18-30(31)38-4)19-32(37)36(33(29)24-10-12-26(34)13-11-24)28-16-14-27(15-17-28)35(3)21-23-8-6-5-7-9-23/h10-18,20,22-23,33H,5-9,19,21H2,1-4H3. The van der Waals surface area contributed by atoms with E-state index in [4.69, 9.17) is 21.1 Å². The average Bonchev–Trinajstić information content (AvgIpc) is 2.93. The van der Waals surface area contributed by atoms with Gasteiger partial charge in [0.1, 0.15) is 0 Å². The lowest BCUT2D eigenvalue weighted by atomic mass is 9.86. The van der Waals surface area contributed by atoms with Crippen molar-refractivity contribution < 1.29 is 14.3 Å². The lowest BCUT2D eigenvalue weighted by molar-refractivity contribution is -0.118. The number of ether oxygens (including phenoxy) is 2. The molecule has 1 fully saturated rings. The first-order chi connectivity index (χ1) is 18.8.